The number of hydrogen-bond acceptors (Lipinski definition) is 2. The van der Waals surface area contributed by atoms with Gasteiger partial charge in [-0.05, 0) is 41.8 Å². The van der Waals surface area contributed by atoms with Crippen LogP contribution in [0.1, 0.15) is 11.1 Å². The van der Waals surface area contributed by atoms with Crippen molar-refractivity contribution >= 4 is 35.7 Å². The summed E-state index contributed by atoms with van der Waals surface area (Å²) in [5.74, 6) is 0. The molecule has 0 heterocycles. The Kier molecular flexibility index (Phi) is 4.97. The molecule has 0 atom stereocenters. The zero-order chi connectivity index (χ0) is 12.8. The van der Waals surface area contributed by atoms with Gasteiger partial charge in [-0.3, -0.25) is 0 Å². The summed E-state index contributed by atoms with van der Waals surface area (Å²) in [6, 6.07) is 17.1. The molecule has 92 valence electrons. The molecule has 2 heteroatoms. The highest BCUT2D eigenvalue weighted by Gasteiger charge is 1.96. The Morgan fingerprint density at radius 1 is 0.778 bits per heavy atom. The molecule has 2 aromatic carbocycles. The summed E-state index contributed by atoms with van der Waals surface area (Å²) in [7, 11) is 0. The van der Waals surface area contributed by atoms with Gasteiger partial charge in [-0.15, -0.1) is 23.5 Å². The predicted octanol–water partition coefficient (Wildman–Crippen LogP) is 5.30. The highest BCUT2D eigenvalue weighted by Crippen LogP contribution is 2.22. The van der Waals surface area contributed by atoms with Crippen LogP contribution in [0, 0.1) is 0 Å². The van der Waals surface area contributed by atoms with Gasteiger partial charge in [0, 0.05) is 9.79 Å². The SMILES string of the molecule is CSc1ccc(C=Cc2ccccc2SC)cc1. The molecule has 0 N–H and O–H groups in total. The van der Waals surface area contributed by atoms with Gasteiger partial charge in [0.25, 0.3) is 0 Å². The van der Waals surface area contributed by atoms with E-state index < -0.39 is 0 Å². The van der Waals surface area contributed by atoms with E-state index in [0.717, 1.165) is 0 Å². The van der Waals surface area contributed by atoms with E-state index in [1.807, 2.05) is 0 Å². The van der Waals surface area contributed by atoms with Crippen molar-refractivity contribution in [1.29, 1.82) is 0 Å². The van der Waals surface area contributed by atoms with Gasteiger partial charge in [-0.1, -0.05) is 42.5 Å². The molecule has 0 unspecified atom stereocenters. The first-order chi connectivity index (χ1) is 8.83. The van der Waals surface area contributed by atoms with Crippen LogP contribution in [0.15, 0.2) is 58.3 Å². The fraction of sp³-hybridized carbons (Fsp3) is 0.125. The van der Waals surface area contributed by atoms with Crippen molar-refractivity contribution in [3.63, 3.8) is 0 Å². The smallest absolute Gasteiger partial charge is 0.0142 e. The molecule has 0 saturated carbocycles. The van der Waals surface area contributed by atoms with Crippen LogP contribution in [-0.2, 0) is 0 Å². The summed E-state index contributed by atoms with van der Waals surface area (Å²) in [4.78, 5) is 2.62. The van der Waals surface area contributed by atoms with Crippen LogP contribution in [-0.4, -0.2) is 12.5 Å². The molecule has 0 saturated heterocycles. The lowest BCUT2D eigenvalue weighted by atomic mass is 10.1. The van der Waals surface area contributed by atoms with E-state index in [2.05, 4.69) is 73.2 Å². The second kappa shape index (κ2) is 6.72. The fourth-order valence-corrected chi connectivity index (χ4v) is 2.70. The maximum atomic E-state index is 2.18. The summed E-state index contributed by atoms with van der Waals surface area (Å²) in [6.07, 6.45) is 8.55. The van der Waals surface area contributed by atoms with Gasteiger partial charge in [0.2, 0.25) is 0 Å². The molecular weight excluding hydrogens is 256 g/mol. The molecule has 0 radical (unpaired) electrons. The third-order valence-electron chi connectivity index (χ3n) is 2.71. The second-order valence-electron chi connectivity index (χ2n) is 3.85. The van der Waals surface area contributed by atoms with Crippen LogP contribution in [0.4, 0.5) is 0 Å². The second-order valence-corrected chi connectivity index (χ2v) is 5.58. The third-order valence-corrected chi connectivity index (χ3v) is 4.27. The minimum atomic E-state index is 1.24. The molecule has 0 aliphatic rings. The number of benzene rings is 2. The largest absolute Gasteiger partial charge is 0.130 e. The van der Waals surface area contributed by atoms with Crippen molar-refractivity contribution in [2.24, 2.45) is 0 Å². The van der Waals surface area contributed by atoms with Crippen molar-refractivity contribution in [2.75, 3.05) is 12.5 Å². The van der Waals surface area contributed by atoms with Crippen LogP contribution in [0.25, 0.3) is 12.2 Å². The highest BCUT2D eigenvalue weighted by molar-refractivity contribution is 7.98. The fourth-order valence-electron chi connectivity index (χ4n) is 1.71. The van der Waals surface area contributed by atoms with Gasteiger partial charge >= 0.3 is 0 Å². The molecular formula is C16H16S2. The van der Waals surface area contributed by atoms with Gasteiger partial charge in [-0.25, -0.2) is 0 Å². The van der Waals surface area contributed by atoms with Crippen molar-refractivity contribution in [2.45, 2.75) is 9.79 Å². The normalized spacial score (nSPS) is 11.0. The van der Waals surface area contributed by atoms with Crippen LogP contribution >= 0.6 is 23.5 Å². The Morgan fingerprint density at radius 2 is 1.50 bits per heavy atom. The summed E-state index contributed by atoms with van der Waals surface area (Å²) in [6.45, 7) is 0. The van der Waals surface area contributed by atoms with E-state index in [-0.39, 0.29) is 0 Å². The molecule has 2 rings (SSSR count). The van der Waals surface area contributed by atoms with Crippen LogP contribution in [0.5, 0.6) is 0 Å². The predicted molar refractivity (Wildman–Crippen MR) is 85.4 cm³/mol. The Hall–Kier alpha value is -1.12. The monoisotopic (exact) mass is 272 g/mol. The van der Waals surface area contributed by atoms with Gasteiger partial charge in [0.15, 0.2) is 0 Å². The Morgan fingerprint density at radius 3 is 2.17 bits per heavy atom. The summed E-state index contributed by atoms with van der Waals surface area (Å²) >= 11 is 3.55. The van der Waals surface area contributed by atoms with E-state index in [9.17, 15) is 0 Å². The lowest BCUT2D eigenvalue weighted by Crippen LogP contribution is -1.78. The first-order valence-electron chi connectivity index (χ1n) is 5.78. The van der Waals surface area contributed by atoms with Crippen LogP contribution < -0.4 is 0 Å². The van der Waals surface area contributed by atoms with E-state index in [1.165, 1.54) is 20.9 Å². The van der Waals surface area contributed by atoms with Gasteiger partial charge in [-0.2, -0.15) is 0 Å². The Balaban J connectivity index is 2.19. The first kappa shape index (κ1) is 13.3. The van der Waals surface area contributed by atoms with Crippen LogP contribution in [0.2, 0.25) is 0 Å². The molecule has 0 fully saturated rings. The standard InChI is InChI=1S/C16H16S2/c1-17-15-11-8-13(9-12-15)7-10-14-5-3-4-6-16(14)18-2/h3-12H,1-2H3. The molecule has 0 nitrogen and oxygen atoms in total. The Labute approximate surface area is 118 Å². The van der Waals surface area contributed by atoms with Crippen molar-refractivity contribution in [3.8, 4) is 0 Å². The van der Waals surface area contributed by atoms with Crippen molar-refractivity contribution in [3.05, 3.63) is 59.7 Å². The zero-order valence-electron chi connectivity index (χ0n) is 10.6. The van der Waals surface area contributed by atoms with Crippen molar-refractivity contribution < 1.29 is 0 Å². The van der Waals surface area contributed by atoms with Gasteiger partial charge < -0.3 is 0 Å². The minimum absolute atomic E-state index is 1.24. The quantitative estimate of drug-likeness (QED) is 0.547. The summed E-state index contributed by atoms with van der Waals surface area (Å²) < 4.78 is 0. The Bertz CT molecular complexity index is 527. The van der Waals surface area contributed by atoms with E-state index in [4.69, 9.17) is 0 Å². The minimum Gasteiger partial charge on any atom is -0.130 e. The third kappa shape index (κ3) is 3.44. The first-order valence-corrected chi connectivity index (χ1v) is 8.23. The van der Waals surface area contributed by atoms with Crippen LogP contribution in [0.3, 0.4) is 0 Å². The lowest BCUT2D eigenvalue weighted by molar-refractivity contribution is 1.43. The number of rotatable bonds is 4. The number of hydrogen-bond donors (Lipinski definition) is 0. The molecule has 2 aromatic rings. The van der Waals surface area contributed by atoms with Gasteiger partial charge in [0.05, 0.1) is 0 Å². The molecule has 0 aromatic heterocycles. The lowest BCUT2D eigenvalue weighted by Gasteiger charge is -2.02. The topological polar surface area (TPSA) is 0 Å². The maximum absolute atomic E-state index is 2.18. The van der Waals surface area contributed by atoms with Gasteiger partial charge in [0.1, 0.15) is 0 Å². The summed E-state index contributed by atoms with van der Waals surface area (Å²) in [5.41, 5.74) is 2.52. The zero-order valence-corrected chi connectivity index (χ0v) is 12.2. The molecule has 0 bridgehead atoms. The number of thioether (sulfide) groups is 2. The van der Waals surface area contributed by atoms with Crippen molar-refractivity contribution in [1.82, 2.24) is 0 Å². The molecule has 0 aliphatic carbocycles. The van der Waals surface area contributed by atoms with E-state index >= 15 is 0 Å². The maximum Gasteiger partial charge on any atom is 0.0142 e. The van der Waals surface area contributed by atoms with E-state index in [1.54, 1.807) is 23.5 Å². The molecule has 0 aliphatic heterocycles. The highest BCUT2D eigenvalue weighted by atomic mass is 32.2. The summed E-state index contributed by atoms with van der Waals surface area (Å²) in [5, 5.41) is 0. The molecule has 0 spiro atoms. The molecule has 0 amide bonds. The molecule has 18 heavy (non-hydrogen) atoms. The average molecular weight is 272 g/mol. The van der Waals surface area contributed by atoms with E-state index in [0.29, 0.717) is 0 Å². The average Bonchev–Trinajstić information content (AvgIpc) is 2.46.